The topological polar surface area (TPSA) is 53.4 Å². The van der Waals surface area contributed by atoms with Crippen molar-refractivity contribution in [2.45, 2.75) is 6.42 Å². The minimum atomic E-state index is -0.942. The molecule has 18 heavy (non-hydrogen) atoms. The van der Waals surface area contributed by atoms with E-state index in [2.05, 4.69) is 11.1 Å². The molecule has 90 valence electrons. The molecule has 0 saturated carbocycles. The van der Waals surface area contributed by atoms with Crippen LogP contribution < -0.4 is 4.90 Å². The van der Waals surface area contributed by atoms with Crippen LogP contribution in [0.25, 0.3) is 0 Å². The smallest absolute Gasteiger partial charge is 0.339 e. The largest absolute Gasteiger partial charge is 0.478 e. The zero-order chi connectivity index (χ0) is 12.5. The first kappa shape index (κ1) is 10.8. The molecule has 0 unspecified atom stereocenters. The molecule has 1 aliphatic rings. The number of hydrogen-bond acceptors (Lipinski definition) is 3. The summed E-state index contributed by atoms with van der Waals surface area (Å²) < 4.78 is 0. The van der Waals surface area contributed by atoms with E-state index in [1.165, 1.54) is 5.56 Å². The molecule has 1 N–H and O–H groups in total. The Morgan fingerprint density at radius 3 is 2.89 bits per heavy atom. The third-order valence-corrected chi connectivity index (χ3v) is 3.16. The molecule has 0 spiro atoms. The van der Waals surface area contributed by atoms with Gasteiger partial charge < -0.3 is 10.0 Å². The summed E-state index contributed by atoms with van der Waals surface area (Å²) in [6, 6.07) is 11.3. The number of rotatable bonds is 2. The Balaban J connectivity index is 2.10. The van der Waals surface area contributed by atoms with Gasteiger partial charge in [0.2, 0.25) is 0 Å². The zero-order valence-electron chi connectivity index (χ0n) is 9.71. The van der Waals surface area contributed by atoms with E-state index >= 15 is 0 Å². The molecular formula is C14H12N2O2. The fourth-order valence-electron chi connectivity index (χ4n) is 2.34. The summed E-state index contributed by atoms with van der Waals surface area (Å²) >= 11 is 0. The van der Waals surface area contributed by atoms with Gasteiger partial charge in [0.25, 0.3) is 0 Å². The summed E-state index contributed by atoms with van der Waals surface area (Å²) in [5.74, 6) is -0.419. The number of pyridine rings is 1. The van der Waals surface area contributed by atoms with Gasteiger partial charge in [-0.2, -0.15) is 0 Å². The predicted molar refractivity (Wildman–Crippen MR) is 68.3 cm³/mol. The minimum Gasteiger partial charge on any atom is -0.478 e. The number of hydrogen-bond donors (Lipinski definition) is 1. The van der Waals surface area contributed by atoms with Crippen molar-refractivity contribution in [1.82, 2.24) is 4.98 Å². The minimum absolute atomic E-state index is 0.245. The number of carboxylic acids is 1. The molecule has 0 fully saturated rings. The summed E-state index contributed by atoms with van der Waals surface area (Å²) in [4.78, 5) is 17.4. The maximum atomic E-state index is 11.2. The van der Waals surface area contributed by atoms with Crippen molar-refractivity contribution in [1.29, 1.82) is 0 Å². The molecule has 0 radical (unpaired) electrons. The van der Waals surface area contributed by atoms with Gasteiger partial charge in [-0.25, -0.2) is 9.78 Å². The van der Waals surface area contributed by atoms with E-state index in [0.717, 1.165) is 18.7 Å². The second kappa shape index (κ2) is 4.14. The Bertz CT molecular complexity index is 610. The van der Waals surface area contributed by atoms with Crippen LogP contribution in [0.1, 0.15) is 15.9 Å². The van der Waals surface area contributed by atoms with Gasteiger partial charge in [0, 0.05) is 18.4 Å². The number of carbonyl (C=O) groups is 1. The molecule has 1 aromatic carbocycles. The van der Waals surface area contributed by atoms with Crippen molar-refractivity contribution in [3.05, 3.63) is 53.7 Å². The lowest BCUT2D eigenvalue weighted by molar-refractivity contribution is 0.0697. The average Bonchev–Trinajstić information content (AvgIpc) is 2.82. The molecule has 0 aliphatic carbocycles. The van der Waals surface area contributed by atoms with Crippen molar-refractivity contribution in [3.63, 3.8) is 0 Å². The average molecular weight is 240 g/mol. The normalized spacial score (nSPS) is 13.4. The number of fused-ring (bicyclic) bond motifs is 1. The fourth-order valence-corrected chi connectivity index (χ4v) is 2.34. The number of aromatic nitrogens is 1. The van der Waals surface area contributed by atoms with Crippen LogP contribution in [0, 0.1) is 0 Å². The first-order valence-electron chi connectivity index (χ1n) is 5.81. The first-order valence-corrected chi connectivity index (χ1v) is 5.81. The quantitative estimate of drug-likeness (QED) is 0.876. The Hall–Kier alpha value is -2.36. The highest BCUT2D eigenvalue weighted by Crippen LogP contribution is 2.34. The number of carboxylic acid groups (broad SMARTS) is 1. The number of nitrogens with zero attached hydrogens (tertiary/aromatic N) is 2. The monoisotopic (exact) mass is 240 g/mol. The van der Waals surface area contributed by atoms with E-state index in [4.69, 9.17) is 0 Å². The van der Waals surface area contributed by atoms with Crippen LogP contribution in [-0.4, -0.2) is 22.6 Å². The van der Waals surface area contributed by atoms with Crippen LogP contribution >= 0.6 is 0 Å². The molecule has 0 saturated heterocycles. The van der Waals surface area contributed by atoms with Gasteiger partial charge in [0.05, 0.1) is 0 Å². The van der Waals surface area contributed by atoms with E-state index in [9.17, 15) is 9.90 Å². The molecule has 2 heterocycles. The van der Waals surface area contributed by atoms with Gasteiger partial charge in [-0.3, -0.25) is 0 Å². The number of para-hydroxylation sites is 1. The van der Waals surface area contributed by atoms with Crippen LogP contribution in [0.15, 0.2) is 42.6 Å². The van der Waals surface area contributed by atoms with Crippen molar-refractivity contribution >= 4 is 17.5 Å². The Morgan fingerprint density at radius 1 is 1.22 bits per heavy atom. The summed E-state index contributed by atoms with van der Waals surface area (Å²) in [6.07, 6.45) is 2.55. The van der Waals surface area contributed by atoms with Gasteiger partial charge >= 0.3 is 5.97 Å². The number of aromatic carboxylic acids is 1. The van der Waals surface area contributed by atoms with Crippen molar-refractivity contribution in [2.24, 2.45) is 0 Å². The molecule has 1 aromatic heterocycles. The lowest BCUT2D eigenvalue weighted by Gasteiger charge is -2.19. The molecule has 1 aliphatic heterocycles. The first-order chi connectivity index (χ1) is 8.77. The molecule has 3 rings (SSSR count). The second-order valence-corrected chi connectivity index (χ2v) is 4.21. The van der Waals surface area contributed by atoms with E-state index in [-0.39, 0.29) is 5.56 Å². The number of anilines is 2. The molecular weight excluding hydrogens is 228 g/mol. The van der Waals surface area contributed by atoms with Crippen molar-refractivity contribution in [2.75, 3.05) is 11.4 Å². The molecule has 0 bridgehead atoms. The maximum Gasteiger partial charge on any atom is 0.339 e. The summed E-state index contributed by atoms with van der Waals surface area (Å²) in [7, 11) is 0. The second-order valence-electron chi connectivity index (χ2n) is 4.21. The highest BCUT2D eigenvalue weighted by Gasteiger charge is 2.24. The van der Waals surface area contributed by atoms with Gasteiger partial charge in [0.15, 0.2) is 0 Å². The van der Waals surface area contributed by atoms with Crippen LogP contribution in [0.3, 0.4) is 0 Å². The highest BCUT2D eigenvalue weighted by atomic mass is 16.4. The SMILES string of the molecule is O=C(O)c1cccnc1N1CCc2ccccc21. The van der Waals surface area contributed by atoms with Crippen LogP contribution in [-0.2, 0) is 6.42 Å². The Kier molecular flexibility index (Phi) is 2.48. The number of benzene rings is 1. The van der Waals surface area contributed by atoms with Gasteiger partial charge in [0.1, 0.15) is 11.4 Å². The molecule has 0 atom stereocenters. The lowest BCUT2D eigenvalue weighted by atomic mass is 10.2. The lowest BCUT2D eigenvalue weighted by Crippen LogP contribution is -2.18. The standard InChI is InChI=1S/C14H12N2O2/c17-14(18)11-5-3-8-15-13(11)16-9-7-10-4-1-2-6-12(10)16/h1-6,8H,7,9H2,(H,17,18). The molecule has 2 aromatic rings. The predicted octanol–water partition coefficient (Wildman–Crippen LogP) is 2.47. The van der Waals surface area contributed by atoms with Crippen molar-refractivity contribution in [3.8, 4) is 0 Å². The Labute approximate surface area is 105 Å². The van der Waals surface area contributed by atoms with Gasteiger partial charge in [-0.05, 0) is 30.2 Å². The van der Waals surface area contributed by atoms with Crippen LogP contribution in [0.2, 0.25) is 0 Å². The summed E-state index contributed by atoms with van der Waals surface area (Å²) in [5.41, 5.74) is 2.53. The third-order valence-electron chi connectivity index (χ3n) is 3.16. The van der Waals surface area contributed by atoms with Crippen LogP contribution in [0.5, 0.6) is 0 Å². The molecule has 4 nitrogen and oxygen atoms in total. The Morgan fingerprint density at radius 2 is 2.06 bits per heavy atom. The highest BCUT2D eigenvalue weighted by molar-refractivity contribution is 5.94. The molecule has 0 amide bonds. The van der Waals surface area contributed by atoms with E-state index < -0.39 is 5.97 Å². The van der Waals surface area contributed by atoms with E-state index in [0.29, 0.717) is 5.82 Å². The van der Waals surface area contributed by atoms with E-state index in [1.54, 1.807) is 18.3 Å². The van der Waals surface area contributed by atoms with Crippen molar-refractivity contribution < 1.29 is 9.90 Å². The van der Waals surface area contributed by atoms with Crippen LogP contribution in [0.4, 0.5) is 11.5 Å². The third kappa shape index (κ3) is 1.62. The molecule has 4 heteroatoms. The van der Waals surface area contributed by atoms with Gasteiger partial charge in [-0.1, -0.05) is 18.2 Å². The summed E-state index contributed by atoms with van der Waals surface area (Å²) in [6.45, 7) is 0.774. The van der Waals surface area contributed by atoms with Gasteiger partial charge in [-0.15, -0.1) is 0 Å². The van der Waals surface area contributed by atoms with E-state index in [1.807, 2.05) is 23.1 Å². The fraction of sp³-hybridized carbons (Fsp3) is 0.143. The maximum absolute atomic E-state index is 11.2. The summed E-state index contributed by atoms with van der Waals surface area (Å²) in [5, 5.41) is 9.21. The zero-order valence-corrected chi connectivity index (χ0v) is 9.71.